The molecule has 4 heteroatoms. The minimum Gasteiger partial charge on any atom is -0.456 e. The Labute approximate surface area is 115 Å². The van der Waals surface area contributed by atoms with E-state index in [1.165, 1.54) is 6.92 Å². The van der Waals surface area contributed by atoms with Crippen LogP contribution in [0.25, 0.3) is 0 Å². The first kappa shape index (κ1) is 14.0. The van der Waals surface area contributed by atoms with E-state index in [9.17, 15) is 4.79 Å². The van der Waals surface area contributed by atoms with Crippen LogP contribution in [0.1, 0.15) is 18.6 Å². The molecule has 0 amide bonds. The van der Waals surface area contributed by atoms with Gasteiger partial charge in [-0.15, -0.1) is 0 Å². The first-order valence-corrected chi connectivity index (χ1v) is 6.78. The standard InChI is InChI=1S/C15H22N2O2/c1-13(18)19-15(14-6-4-3-5-7-14)12-17-10-8-16(2)9-11-17/h3-7,15H,8-12H2,1-2H3/t15-/m0/s1. The summed E-state index contributed by atoms with van der Waals surface area (Å²) >= 11 is 0. The second kappa shape index (κ2) is 6.68. The maximum atomic E-state index is 11.3. The summed E-state index contributed by atoms with van der Waals surface area (Å²) in [7, 11) is 2.14. The number of nitrogens with zero attached hydrogens (tertiary/aromatic N) is 2. The Morgan fingerprint density at radius 3 is 2.42 bits per heavy atom. The quantitative estimate of drug-likeness (QED) is 0.771. The summed E-state index contributed by atoms with van der Waals surface area (Å²) in [5.74, 6) is -0.219. The molecule has 1 saturated heterocycles. The molecule has 104 valence electrons. The molecule has 1 atom stereocenters. The van der Waals surface area contributed by atoms with Crippen LogP contribution in [-0.4, -0.2) is 55.5 Å². The summed E-state index contributed by atoms with van der Waals surface area (Å²) in [5.41, 5.74) is 1.07. The van der Waals surface area contributed by atoms with Crippen molar-refractivity contribution in [2.45, 2.75) is 13.0 Å². The van der Waals surface area contributed by atoms with E-state index in [0.29, 0.717) is 0 Å². The van der Waals surface area contributed by atoms with Crippen molar-refractivity contribution in [1.29, 1.82) is 0 Å². The van der Waals surface area contributed by atoms with Gasteiger partial charge >= 0.3 is 5.97 Å². The number of carbonyl (C=O) groups is 1. The monoisotopic (exact) mass is 262 g/mol. The molecule has 0 bridgehead atoms. The number of piperazine rings is 1. The van der Waals surface area contributed by atoms with Crippen LogP contribution >= 0.6 is 0 Å². The zero-order chi connectivity index (χ0) is 13.7. The van der Waals surface area contributed by atoms with Gasteiger partial charge in [0.25, 0.3) is 0 Å². The number of benzene rings is 1. The molecule has 19 heavy (non-hydrogen) atoms. The summed E-state index contributed by atoms with van der Waals surface area (Å²) in [6.07, 6.45) is -0.165. The number of likely N-dealkylation sites (N-methyl/N-ethyl adjacent to an activating group) is 1. The Kier molecular flexibility index (Phi) is 4.93. The van der Waals surface area contributed by atoms with Gasteiger partial charge in [-0.1, -0.05) is 30.3 Å². The van der Waals surface area contributed by atoms with Gasteiger partial charge in [-0.3, -0.25) is 9.69 Å². The number of carbonyl (C=O) groups excluding carboxylic acids is 1. The molecule has 1 aliphatic rings. The molecule has 4 nitrogen and oxygen atoms in total. The topological polar surface area (TPSA) is 32.8 Å². The minimum absolute atomic E-state index is 0.165. The van der Waals surface area contributed by atoms with Gasteiger partial charge in [0.2, 0.25) is 0 Å². The van der Waals surface area contributed by atoms with Crippen LogP contribution in [0.2, 0.25) is 0 Å². The lowest BCUT2D eigenvalue weighted by Crippen LogP contribution is -2.46. The summed E-state index contributed by atoms with van der Waals surface area (Å²) in [6, 6.07) is 9.98. The van der Waals surface area contributed by atoms with E-state index in [1.807, 2.05) is 30.3 Å². The van der Waals surface area contributed by atoms with E-state index >= 15 is 0 Å². The van der Waals surface area contributed by atoms with Crippen molar-refractivity contribution in [3.63, 3.8) is 0 Å². The molecule has 1 aromatic carbocycles. The predicted octanol–water partition coefficient (Wildman–Crippen LogP) is 1.54. The highest BCUT2D eigenvalue weighted by Gasteiger charge is 2.21. The normalized spacial score (nSPS) is 19.1. The van der Waals surface area contributed by atoms with Gasteiger partial charge in [0.1, 0.15) is 6.10 Å². The molecule has 0 radical (unpaired) electrons. The van der Waals surface area contributed by atoms with Crippen LogP contribution in [0.5, 0.6) is 0 Å². The maximum absolute atomic E-state index is 11.3. The Bertz CT molecular complexity index is 400. The van der Waals surface area contributed by atoms with E-state index in [0.717, 1.165) is 38.3 Å². The van der Waals surface area contributed by atoms with Crippen LogP contribution in [-0.2, 0) is 9.53 Å². The molecule has 1 heterocycles. The molecule has 2 rings (SSSR count). The lowest BCUT2D eigenvalue weighted by Gasteiger charge is -2.34. The summed E-state index contributed by atoms with van der Waals surface area (Å²) in [5, 5.41) is 0. The van der Waals surface area contributed by atoms with Crippen LogP contribution in [0, 0.1) is 0 Å². The maximum Gasteiger partial charge on any atom is 0.303 e. The first-order valence-electron chi connectivity index (χ1n) is 6.78. The fourth-order valence-corrected chi connectivity index (χ4v) is 2.34. The lowest BCUT2D eigenvalue weighted by molar-refractivity contribution is -0.147. The van der Waals surface area contributed by atoms with E-state index in [1.54, 1.807) is 0 Å². The summed E-state index contributed by atoms with van der Waals surface area (Å²) in [6.45, 7) is 6.45. The van der Waals surface area contributed by atoms with Crippen molar-refractivity contribution in [1.82, 2.24) is 9.80 Å². The zero-order valence-electron chi connectivity index (χ0n) is 11.7. The average molecular weight is 262 g/mol. The SMILES string of the molecule is CC(=O)O[C@@H](CN1CCN(C)CC1)c1ccccc1. The van der Waals surface area contributed by atoms with Crippen molar-refractivity contribution in [2.75, 3.05) is 39.8 Å². The first-order chi connectivity index (χ1) is 9.15. The van der Waals surface area contributed by atoms with Crippen LogP contribution in [0.4, 0.5) is 0 Å². The van der Waals surface area contributed by atoms with E-state index < -0.39 is 0 Å². The largest absolute Gasteiger partial charge is 0.456 e. The lowest BCUT2D eigenvalue weighted by atomic mass is 10.1. The fraction of sp³-hybridized carbons (Fsp3) is 0.533. The molecule has 1 aromatic rings. The average Bonchev–Trinajstić information content (AvgIpc) is 2.41. The molecule has 1 aliphatic heterocycles. The molecular weight excluding hydrogens is 240 g/mol. The zero-order valence-corrected chi connectivity index (χ0v) is 11.7. The molecule has 0 N–H and O–H groups in total. The highest BCUT2D eigenvalue weighted by Crippen LogP contribution is 2.19. The van der Waals surface area contributed by atoms with Crippen molar-refractivity contribution >= 4 is 5.97 Å². The smallest absolute Gasteiger partial charge is 0.303 e. The second-order valence-electron chi connectivity index (χ2n) is 5.11. The molecule has 0 spiro atoms. The number of rotatable bonds is 4. The van der Waals surface area contributed by atoms with Gasteiger partial charge < -0.3 is 9.64 Å². The third-order valence-electron chi connectivity index (χ3n) is 3.50. The van der Waals surface area contributed by atoms with Crippen molar-refractivity contribution < 1.29 is 9.53 Å². The minimum atomic E-state index is -0.219. The third kappa shape index (κ3) is 4.33. The Balaban J connectivity index is 2.00. The molecule has 0 aromatic heterocycles. The van der Waals surface area contributed by atoms with Crippen molar-refractivity contribution in [2.24, 2.45) is 0 Å². The van der Waals surface area contributed by atoms with Gasteiger partial charge in [0, 0.05) is 39.6 Å². The van der Waals surface area contributed by atoms with Gasteiger partial charge in [-0.2, -0.15) is 0 Å². The molecule has 0 unspecified atom stereocenters. The molecule has 1 fully saturated rings. The van der Waals surface area contributed by atoms with Gasteiger partial charge in [-0.25, -0.2) is 0 Å². The molecule has 0 aliphatic carbocycles. The van der Waals surface area contributed by atoms with E-state index in [4.69, 9.17) is 4.74 Å². The Hall–Kier alpha value is -1.39. The van der Waals surface area contributed by atoms with Crippen molar-refractivity contribution in [3.8, 4) is 0 Å². The van der Waals surface area contributed by atoms with Crippen LogP contribution < -0.4 is 0 Å². The van der Waals surface area contributed by atoms with Gasteiger partial charge in [0.05, 0.1) is 0 Å². The number of esters is 1. The van der Waals surface area contributed by atoms with Crippen LogP contribution in [0.3, 0.4) is 0 Å². The third-order valence-corrected chi connectivity index (χ3v) is 3.50. The highest BCUT2D eigenvalue weighted by atomic mass is 16.5. The summed E-state index contributed by atoms with van der Waals surface area (Å²) < 4.78 is 5.47. The number of ether oxygens (including phenoxy) is 1. The fourth-order valence-electron chi connectivity index (χ4n) is 2.34. The molecular formula is C15H22N2O2. The Morgan fingerprint density at radius 1 is 1.21 bits per heavy atom. The van der Waals surface area contributed by atoms with E-state index in [2.05, 4.69) is 16.8 Å². The van der Waals surface area contributed by atoms with Gasteiger partial charge in [0.15, 0.2) is 0 Å². The molecule has 0 saturated carbocycles. The van der Waals surface area contributed by atoms with E-state index in [-0.39, 0.29) is 12.1 Å². The van der Waals surface area contributed by atoms with Gasteiger partial charge in [-0.05, 0) is 12.6 Å². The predicted molar refractivity (Wildman–Crippen MR) is 74.9 cm³/mol. The van der Waals surface area contributed by atoms with Crippen LogP contribution in [0.15, 0.2) is 30.3 Å². The van der Waals surface area contributed by atoms with Crippen molar-refractivity contribution in [3.05, 3.63) is 35.9 Å². The highest BCUT2D eigenvalue weighted by molar-refractivity contribution is 5.66. The second-order valence-corrected chi connectivity index (χ2v) is 5.11. The summed E-state index contributed by atoms with van der Waals surface area (Å²) in [4.78, 5) is 16.0. The Morgan fingerprint density at radius 2 is 1.84 bits per heavy atom. The number of hydrogen-bond acceptors (Lipinski definition) is 4. The number of hydrogen-bond donors (Lipinski definition) is 0.